The average molecular weight is 321 g/mol. The van der Waals surface area contributed by atoms with E-state index >= 15 is 0 Å². The summed E-state index contributed by atoms with van der Waals surface area (Å²) >= 11 is 7.56. The Hall–Kier alpha value is -0.900. The third-order valence-corrected chi connectivity index (χ3v) is 5.50. The predicted molar refractivity (Wildman–Crippen MR) is 90.8 cm³/mol. The van der Waals surface area contributed by atoms with Gasteiger partial charge >= 0.3 is 0 Å². The molecule has 0 radical (unpaired) electrons. The van der Waals surface area contributed by atoms with E-state index in [1.54, 1.807) is 11.3 Å². The van der Waals surface area contributed by atoms with Crippen molar-refractivity contribution in [1.82, 2.24) is 9.88 Å². The molecule has 1 heterocycles. The van der Waals surface area contributed by atoms with E-state index in [-0.39, 0.29) is 0 Å². The maximum atomic E-state index is 5.87. The highest BCUT2D eigenvalue weighted by Crippen LogP contribution is 2.30. The molecule has 0 spiro atoms. The maximum absolute atomic E-state index is 5.87. The van der Waals surface area contributed by atoms with Crippen LogP contribution in [0, 0.1) is 0 Å². The highest BCUT2D eigenvalue weighted by atomic mass is 35.5. The van der Waals surface area contributed by atoms with Crippen molar-refractivity contribution in [2.24, 2.45) is 0 Å². The van der Waals surface area contributed by atoms with Gasteiger partial charge in [0.2, 0.25) is 0 Å². The second-order valence-electron chi connectivity index (χ2n) is 5.79. The van der Waals surface area contributed by atoms with Crippen molar-refractivity contribution in [1.29, 1.82) is 0 Å². The summed E-state index contributed by atoms with van der Waals surface area (Å²) in [6.45, 7) is 0.997. The number of hydrogen-bond donors (Lipinski definition) is 0. The summed E-state index contributed by atoms with van der Waals surface area (Å²) < 4.78 is 0. The second kappa shape index (κ2) is 6.91. The van der Waals surface area contributed by atoms with Gasteiger partial charge in [0.25, 0.3) is 0 Å². The lowest BCUT2D eigenvalue weighted by atomic mass is 10.1. The molecule has 1 aliphatic carbocycles. The molecule has 0 saturated heterocycles. The fraction of sp³-hybridized carbons (Fsp3) is 0.471. The molecule has 1 aromatic heterocycles. The number of halogens is 1. The van der Waals surface area contributed by atoms with Gasteiger partial charge < -0.3 is 0 Å². The molecule has 2 nitrogen and oxygen atoms in total. The van der Waals surface area contributed by atoms with Crippen molar-refractivity contribution < 1.29 is 0 Å². The predicted octanol–water partition coefficient (Wildman–Crippen LogP) is 4.92. The summed E-state index contributed by atoms with van der Waals surface area (Å²) in [7, 11) is 2.25. The smallest absolute Gasteiger partial charge is 0.123 e. The Labute approximate surface area is 135 Å². The molecule has 1 saturated carbocycles. The van der Waals surface area contributed by atoms with E-state index in [4.69, 9.17) is 11.6 Å². The lowest BCUT2D eigenvalue weighted by molar-refractivity contribution is 0.237. The molecule has 0 N–H and O–H groups in total. The average Bonchev–Trinajstić information content (AvgIpc) is 3.19. The number of rotatable bonds is 5. The normalized spacial score (nSPS) is 16.0. The molecule has 0 atom stereocenters. The summed E-state index contributed by atoms with van der Waals surface area (Å²) in [6, 6.07) is 9.36. The van der Waals surface area contributed by atoms with E-state index in [1.807, 2.05) is 0 Å². The van der Waals surface area contributed by atoms with Crippen molar-refractivity contribution in [3.63, 3.8) is 0 Å². The number of aromatic nitrogens is 1. The quantitative estimate of drug-likeness (QED) is 0.727. The Kier molecular flexibility index (Phi) is 4.94. The Morgan fingerprint density at radius 3 is 2.76 bits per heavy atom. The van der Waals surface area contributed by atoms with Crippen LogP contribution in [-0.4, -0.2) is 23.0 Å². The van der Waals surface area contributed by atoms with E-state index < -0.39 is 0 Å². The summed E-state index contributed by atoms with van der Waals surface area (Å²) in [5.74, 6) is 0.487. The van der Waals surface area contributed by atoms with Crippen LogP contribution >= 0.6 is 22.9 Å². The molecular formula is C17H21ClN2S. The fourth-order valence-electron chi connectivity index (χ4n) is 3.10. The number of hydrogen-bond acceptors (Lipinski definition) is 3. The molecule has 0 bridgehead atoms. The largest absolute Gasteiger partial charge is 0.299 e. The first-order valence-electron chi connectivity index (χ1n) is 7.57. The van der Waals surface area contributed by atoms with Gasteiger partial charge in [0, 0.05) is 23.5 Å². The van der Waals surface area contributed by atoms with Crippen LogP contribution in [0.2, 0.25) is 0 Å². The highest BCUT2D eigenvalue weighted by Gasteiger charge is 2.20. The molecule has 1 aliphatic rings. The first kappa shape index (κ1) is 15.0. The van der Waals surface area contributed by atoms with Gasteiger partial charge in [0.15, 0.2) is 0 Å². The molecule has 0 unspecified atom stereocenters. The van der Waals surface area contributed by atoms with Crippen molar-refractivity contribution in [2.45, 2.75) is 44.1 Å². The van der Waals surface area contributed by atoms with Crippen LogP contribution in [0.4, 0.5) is 0 Å². The third-order valence-electron chi connectivity index (χ3n) is 4.30. The van der Waals surface area contributed by atoms with E-state index in [2.05, 4.69) is 46.6 Å². The number of nitrogens with zero attached hydrogens (tertiary/aromatic N) is 2. The Morgan fingerprint density at radius 2 is 2.05 bits per heavy atom. The topological polar surface area (TPSA) is 16.1 Å². The van der Waals surface area contributed by atoms with Gasteiger partial charge in [0.05, 0.1) is 11.6 Å². The maximum Gasteiger partial charge on any atom is 0.123 e. The van der Waals surface area contributed by atoms with Crippen LogP contribution < -0.4 is 0 Å². The second-order valence-corrected chi connectivity index (χ2v) is 6.91. The Balaban J connectivity index is 1.81. The van der Waals surface area contributed by atoms with Crippen LogP contribution in [0.25, 0.3) is 10.6 Å². The van der Waals surface area contributed by atoms with Gasteiger partial charge in [-0.1, -0.05) is 37.1 Å². The zero-order chi connectivity index (χ0) is 14.7. The minimum atomic E-state index is 0.487. The monoisotopic (exact) mass is 320 g/mol. The van der Waals surface area contributed by atoms with Crippen LogP contribution in [0.1, 0.15) is 36.9 Å². The summed E-state index contributed by atoms with van der Waals surface area (Å²) in [5, 5.41) is 3.14. The standard InChI is InChI=1S/C17H21ClN2S/c1-20(15-7-3-4-8-15)11-13-6-2-5-9-16(13)17-19-14(10-18)12-21-17/h2,5-6,9,12,15H,3-4,7-8,10-11H2,1H3. The molecule has 112 valence electrons. The summed E-state index contributed by atoms with van der Waals surface area (Å²) in [6.07, 6.45) is 5.43. The molecule has 0 aliphatic heterocycles. The molecular weight excluding hydrogens is 300 g/mol. The van der Waals surface area contributed by atoms with E-state index in [9.17, 15) is 0 Å². The van der Waals surface area contributed by atoms with Crippen molar-refractivity contribution in [3.8, 4) is 10.6 Å². The molecule has 21 heavy (non-hydrogen) atoms. The number of benzene rings is 1. The Bertz CT molecular complexity index is 590. The number of thiazole rings is 1. The summed E-state index contributed by atoms with van der Waals surface area (Å²) in [5.41, 5.74) is 3.58. The minimum Gasteiger partial charge on any atom is -0.299 e. The van der Waals surface area contributed by atoms with Crippen molar-refractivity contribution in [3.05, 3.63) is 40.9 Å². The molecule has 1 aromatic carbocycles. The lowest BCUT2D eigenvalue weighted by Crippen LogP contribution is -2.28. The minimum absolute atomic E-state index is 0.487. The van der Waals surface area contributed by atoms with E-state index in [0.29, 0.717) is 5.88 Å². The molecule has 4 heteroatoms. The van der Waals surface area contributed by atoms with E-state index in [0.717, 1.165) is 23.3 Å². The zero-order valence-corrected chi connectivity index (χ0v) is 14.0. The van der Waals surface area contributed by atoms with Crippen LogP contribution in [0.5, 0.6) is 0 Å². The lowest BCUT2D eigenvalue weighted by Gasteiger charge is -2.24. The van der Waals surface area contributed by atoms with Crippen LogP contribution in [0.3, 0.4) is 0 Å². The third kappa shape index (κ3) is 3.47. The number of alkyl halides is 1. The van der Waals surface area contributed by atoms with Gasteiger partial charge in [-0.2, -0.15) is 0 Å². The van der Waals surface area contributed by atoms with E-state index in [1.165, 1.54) is 36.8 Å². The highest BCUT2D eigenvalue weighted by molar-refractivity contribution is 7.13. The molecule has 2 aromatic rings. The fourth-order valence-corrected chi connectivity index (χ4v) is 4.21. The Morgan fingerprint density at radius 1 is 1.29 bits per heavy atom. The van der Waals surface area contributed by atoms with Gasteiger partial charge in [-0.3, -0.25) is 4.90 Å². The van der Waals surface area contributed by atoms with Crippen molar-refractivity contribution >= 4 is 22.9 Å². The SMILES string of the molecule is CN(Cc1ccccc1-c1nc(CCl)cs1)C1CCCC1. The first-order chi connectivity index (χ1) is 10.3. The molecule has 0 amide bonds. The van der Waals surface area contributed by atoms with Gasteiger partial charge in [-0.15, -0.1) is 22.9 Å². The molecule has 3 rings (SSSR count). The first-order valence-corrected chi connectivity index (χ1v) is 8.98. The van der Waals surface area contributed by atoms with Gasteiger partial charge in [0.1, 0.15) is 5.01 Å². The van der Waals surface area contributed by atoms with Gasteiger partial charge in [-0.25, -0.2) is 4.98 Å². The van der Waals surface area contributed by atoms with Gasteiger partial charge in [-0.05, 0) is 25.5 Å². The molecule has 1 fully saturated rings. The van der Waals surface area contributed by atoms with Crippen LogP contribution in [-0.2, 0) is 12.4 Å². The van der Waals surface area contributed by atoms with Crippen LogP contribution in [0.15, 0.2) is 29.6 Å². The zero-order valence-electron chi connectivity index (χ0n) is 12.4. The summed E-state index contributed by atoms with van der Waals surface area (Å²) in [4.78, 5) is 7.13. The van der Waals surface area contributed by atoms with Crippen molar-refractivity contribution in [2.75, 3.05) is 7.05 Å².